The Labute approximate surface area is 211 Å². The summed E-state index contributed by atoms with van der Waals surface area (Å²) in [5.74, 6) is 0.517. The standard InChI is InChI=1S/C26H21ClN2O5S/c1-3-33-22-10-9-17(13-19(22)27)24(30)29-26(35)28-20-14-15(8-11-23(20)32-2)18-12-16-6-4-5-7-21(16)34-25(18)31/h4-14H,3H2,1-2H3,(H2,28,29,30,35). The van der Waals surface area contributed by atoms with Gasteiger partial charge in [-0.25, -0.2) is 4.79 Å². The first-order valence-corrected chi connectivity index (χ1v) is 11.4. The number of benzene rings is 3. The number of carbonyl (C=O) groups is 1. The third-order valence-electron chi connectivity index (χ3n) is 5.12. The minimum absolute atomic E-state index is 0.0426. The van der Waals surface area contributed by atoms with Gasteiger partial charge in [-0.15, -0.1) is 0 Å². The van der Waals surface area contributed by atoms with Gasteiger partial charge in [0.1, 0.15) is 17.1 Å². The topological polar surface area (TPSA) is 89.8 Å². The molecule has 0 spiro atoms. The summed E-state index contributed by atoms with van der Waals surface area (Å²) in [4.78, 5) is 25.3. The zero-order valence-electron chi connectivity index (χ0n) is 18.9. The molecule has 178 valence electrons. The highest BCUT2D eigenvalue weighted by Crippen LogP contribution is 2.31. The molecular formula is C26H21ClN2O5S. The van der Waals surface area contributed by atoms with Crippen LogP contribution in [0.5, 0.6) is 11.5 Å². The number of nitrogens with one attached hydrogen (secondary N) is 2. The number of ether oxygens (including phenoxy) is 2. The van der Waals surface area contributed by atoms with E-state index in [4.69, 9.17) is 37.7 Å². The smallest absolute Gasteiger partial charge is 0.344 e. The number of amides is 1. The highest BCUT2D eigenvalue weighted by molar-refractivity contribution is 7.80. The van der Waals surface area contributed by atoms with Crippen molar-refractivity contribution in [3.05, 3.63) is 87.7 Å². The van der Waals surface area contributed by atoms with Crippen molar-refractivity contribution in [2.24, 2.45) is 0 Å². The normalized spacial score (nSPS) is 10.6. The lowest BCUT2D eigenvalue weighted by Crippen LogP contribution is -2.34. The van der Waals surface area contributed by atoms with Crippen molar-refractivity contribution in [1.82, 2.24) is 5.32 Å². The van der Waals surface area contributed by atoms with Crippen molar-refractivity contribution in [2.45, 2.75) is 6.92 Å². The number of fused-ring (bicyclic) bond motifs is 1. The third kappa shape index (κ3) is 5.45. The number of halogens is 1. The van der Waals surface area contributed by atoms with Crippen molar-refractivity contribution < 1.29 is 18.7 Å². The molecule has 7 nitrogen and oxygen atoms in total. The van der Waals surface area contributed by atoms with Crippen LogP contribution in [-0.2, 0) is 0 Å². The molecule has 4 rings (SSSR count). The van der Waals surface area contributed by atoms with E-state index in [0.717, 1.165) is 5.39 Å². The van der Waals surface area contributed by atoms with E-state index in [1.807, 2.05) is 19.1 Å². The average Bonchev–Trinajstić information content (AvgIpc) is 2.84. The van der Waals surface area contributed by atoms with Gasteiger partial charge >= 0.3 is 5.63 Å². The molecule has 0 fully saturated rings. The molecule has 9 heteroatoms. The zero-order valence-corrected chi connectivity index (χ0v) is 20.5. The Hall–Kier alpha value is -3.88. The van der Waals surface area contributed by atoms with E-state index in [9.17, 15) is 9.59 Å². The molecule has 1 aromatic heterocycles. The van der Waals surface area contributed by atoms with Crippen LogP contribution in [0.15, 0.2) is 75.9 Å². The molecule has 3 aromatic carbocycles. The number of methoxy groups -OCH3 is 1. The van der Waals surface area contributed by atoms with Crippen LogP contribution in [0.1, 0.15) is 17.3 Å². The van der Waals surface area contributed by atoms with Crippen molar-refractivity contribution in [1.29, 1.82) is 0 Å². The Balaban J connectivity index is 1.56. The highest BCUT2D eigenvalue weighted by atomic mass is 35.5. The predicted octanol–water partition coefficient (Wildman–Crippen LogP) is 5.65. The molecule has 0 unspecified atom stereocenters. The first-order valence-electron chi connectivity index (χ1n) is 10.7. The van der Waals surface area contributed by atoms with Crippen LogP contribution in [0.2, 0.25) is 5.02 Å². The van der Waals surface area contributed by atoms with Gasteiger partial charge in [-0.05, 0) is 67.2 Å². The van der Waals surface area contributed by atoms with Gasteiger partial charge in [-0.3, -0.25) is 10.1 Å². The monoisotopic (exact) mass is 508 g/mol. The summed E-state index contributed by atoms with van der Waals surface area (Å²) in [5, 5.41) is 6.73. The lowest BCUT2D eigenvalue weighted by atomic mass is 10.0. The Morgan fingerprint density at radius 3 is 2.57 bits per heavy atom. The van der Waals surface area contributed by atoms with Crippen LogP contribution < -0.4 is 25.7 Å². The van der Waals surface area contributed by atoms with Crippen LogP contribution in [0, 0.1) is 0 Å². The molecule has 4 aromatic rings. The van der Waals surface area contributed by atoms with Crippen LogP contribution in [0.4, 0.5) is 5.69 Å². The van der Waals surface area contributed by atoms with E-state index in [-0.39, 0.29) is 5.11 Å². The van der Waals surface area contributed by atoms with Crippen LogP contribution >= 0.6 is 23.8 Å². The van der Waals surface area contributed by atoms with Crippen LogP contribution in [-0.4, -0.2) is 24.7 Å². The lowest BCUT2D eigenvalue weighted by molar-refractivity contribution is 0.0977. The summed E-state index contributed by atoms with van der Waals surface area (Å²) < 4.78 is 16.3. The molecule has 0 aliphatic heterocycles. The van der Waals surface area contributed by atoms with Crippen molar-refractivity contribution in [3.63, 3.8) is 0 Å². The van der Waals surface area contributed by atoms with E-state index >= 15 is 0 Å². The molecule has 0 saturated heterocycles. The molecule has 0 saturated carbocycles. The minimum atomic E-state index is -0.469. The Bertz CT molecular complexity index is 1480. The van der Waals surface area contributed by atoms with Gasteiger partial charge in [-0.1, -0.05) is 35.9 Å². The van der Waals surface area contributed by atoms with E-state index in [1.54, 1.807) is 48.5 Å². The second-order valence-corrected chi connectivity index (χ2v) is 8.20. The van der Waals surface area contributed by atoms with E-state index in [2.05, 4.69) is 10.6 Å². The number of anilines is 1. The number of thiocarbonyl (C=S) groups is 1. The van der Waals surface area contributed by atoms with Crippen LogP contribution in [0.3, 0.4) is 0 Å². The van der Waals surface area contributed by atoms with Crippen molar-refractivity contribution >= 4 is 51.5 Å². The Morgan fingerprint density at radius 1 is 1.06 bits per heavy atom. The first kappa shape index (κ1) is 24.3. The maximum atomic E-state index is 12.7. The van der Waals surface area contributed by atoms with E-state index < -0.39 is 11.5 Å². The molecule has 1 heterocycles. The fourth-order valence-electron chi connectivity index (χ4n) is 3.48. The summed E-state index contributed by atoms with van der Waals surface area (Å²) in [6, 6.07) is 18.9. The molecule has 0 bridgehead atoms. The number of rotatable bonds is 6. The molecule has 0 atom stereocenters. The summed E-state index contributed by atoms with van der Waals surface area (Å²) in [6.45, 7) is 2.30. The molecule has 1 amide bonds. The van der Waals surface area contributed by atoms with Gasteiger partial charge in [0.05, 0.1) is 30.0 Å². The Kier molecular flexibility index (Phi) is 7.33. The summed E-state index contributed by atoms with van der Waals surface area (Å²) in [7, 11) is 1.51. The molecular weight excluding hydrogens is 488 g/mol. The zero-order chi connectivity index (χ0) is 24.9. The number of carbonyl (C=O) groups excluding carboxylic acids is 1. The number of hydrogen-bond donors (Lipinski definition) is 2. The Morgan fingerprint density at radius 2 is 1.83 bits per heavy atom. The fraction of sp³-hybridized carbons (Fsp3) is 0.115. The summed E-state index contributed by atoms with van der Waals surface area (Å²) in [6.07, 6.45) is 0. The van der Waals surface area contributed by atoms with Gasteiger partial charge in [0.2, 0.25) is 0 Å². The maximum Gasteiger partial charge on any atom is 0.344 e. The molecule has 0 radical (unpaired) electrons. The summed E-state index contributed by atoms with van der Waals surface area (Å²) >= 11 is 11.5. The van der Waals surface area contributed by atoms with E-state index in [1.165, 1.54) is 13.2 Å². The highest BCUT2D eigenvalue weighted by Gasteiger charge is 2.15. The predicted molar refractivity (Wildman–Crippen MR) is 141 cm³/mol. The first-order chi connectivity index (χ1) is 16.9. The second-order valence-electron chi connectivity index (χ2n) is 7.39. The molecule has 0 aliphatic rings. The van der Waals surface area contributed by atoms with Gasteiger partial charge in [0.15, 0.2) is 5.11 Å². The maximum absolute atomic E-state index is 12.7. The number of para-hydroxylation sites is 1. The van der Waals surface area contributed by atoms with Gasteiger partial charge < -0.3 is 19.2 Å². The fourth-order valence-corrected chi connectivity index (χ4v) is 3.92. The molecule has 2 N–H and O–H groups in total. The van der Waals surface area contributed by atoms with Crippen molar-refractivity contribution in [3.8, 4) is 22.6 Å². The lowest BCUT2D eigenvalue weighted by Gasteiger charge is -2.14. The van der Waals surface area contributed by atoms with Gasteiger partial charge in [0.25, 0.3) is 5.91 Å². The van der Waals surface area contributed by atoms with Crippen LogP contribution in [0.25, 0.3) is 22.1 Å². The summed E-state index contributed by atoms with van der Waals surface area (Å²) in [5.41, 5.74) is 1.80. The van der Waals surface area contributed by atoms with Gasteiger partial charge in [0, 0.05) is 10.9 Å². The van der Waals surface area contributed by atoms with Crippen molar-refractivity contribution in [2.75, 3.05) is 19.0 Å². The van der Waals surface area contributed by atoms with Gasteiger partial charge in [-0.2, -0.15) is 0 Å². The average molecular weight is 509 g/mol. The molecule has 0 aliphatic carbocycles. The third-order valence-corrected chi connectivity index (χ3v) is 5.62. The quantitative estimate of drug-likeness (QED) is 0.257. The molecule has 35 heavy (non-hydrogen) atoms. The SMILES string of the molecule is CCOc1ccc(C(=O)NC(=S)Nc2cc(-c3cc4ccccc4oc3=O)ccc2OC)cc1Cl. The minimum Gasteiger partial charge on any atom is -0.495 e. The second kappa shape index (κ2) is 10.6. The van der Waals surface area contributed by atoms with E-state index in [0.29, 0.717) is 51.1 Å². The largest absolute Gasteiger partial charge is 0.495 e. The number of hydrogen-bond acceptors (Lipinski definition) is 6.